The van der Waals surface area contributed by atoms with Crippen molar-refractivity contribution in [2.24, 2.45) is 0 Å². The fourth-order valence-corrected chi connectivity index (χ4v) is 1.57. The van der Waals surface area contributed by atoms with Gasteiger partial charge in [-0.2, -0.15) is 8.78 Å². The van der Waals surface area contributed by atoms with E-state index >= 15 is 0 Å². The molecule has 1 rings (SSSR count). The Morgan fingerprint density at radius 1 is 1.53 bits per heavy atom. The molecule has 0 aliphatic carbocycles. The summed E-state index contributed by atoms with van der Waals surface area (Å²) in [4.78, 5) is 21.9. The zero-order valence-corrected chi connectivity index (χ0v) is 8.64. The van der Waals surface area contributed by atoms with Gasteiger partial charge >= 0.3 is 11.9 Å². The molecule has 0 aliphatic heterocycles. The molecule has 0 fully saturated rings. The molecular weight excluding hydrogens is 226 g/mol. The van der Waals surface area contributed by atoms with Crippen molar-refractivity contribution in [1.29, 1.82) is 0 Å². The van der Waals surface area contributed by atoms with Gasteiger partial charge in [0, 0.05) is 0 Å². The van der Waals surface area contributed by atoms with E-state index in [1.165, 1.54) is 24.4 Å². The molecule has 1 aromatic rings. The molecule has 3 nitrogen and oxygen atoms in total. The van der Waals surface area contributed by atoms with E-state index in [0.717, 1.165) is 11.3 Å². The molecule has 82 valence electrons. The van der Waals surface area contributed by atoms with Crippen LogP contribution in [0.15, 0.2) is 17.5 Å². The zero-order valence-electron chi connectivity index (χ0n) is 7.83. The van der Waals surface area contributed by atoms with Crippen LogP contribution < -0.4 is 0 Å². The molecule has 0 N–H and O–H groups in total. The van der Waals surface area contributed by atoms with Gasteiger partial charge in [-0.3, -0.25) is 4.79 Å². The van der Waals surface area contributed by atoms with Gasteiger partial charge < -0.3 is 4.74 Å². The molecule has 6 heteroatoms. The van der Waals surface area contributed by atoms with Crippen LogP contribution in [0.2, 0.25) is 0 Å². The fraction of sp³-hybridized carbons (Fsp3) is 0.333. The first-order chi connectivity index (χ1) is 7.00. The maximum atomic E-state index is 13.1. The van der Waals surface area contributed by atoms with Crippen LogP contribution in [0.4, 0.5) is 8.78 Å². The average molecular weight is 234 g/mol. The normalized spacial score (nSPS) is 11.1. The number of hydrogen-bond donors (Lipinski definition) is 0. The maximum Gasteiger partial charge on any atom is 0.405 e. The van der Waals surface area contributed by atoms with Gasteiger partial charge in [0.15, 0.2) is 0 Å². The molecule has 0 aliphatic rings. The first-order valence-corrected chi connectivity index (χ1v) is 5.01. The van der Waals surface area contributed by atoms with Crippen molar-refractivity contribution >= 4 is 23.1 Å². The molecule has 0 saturated carbocycles. The Labute approximate surface area is 88.7 Å². The van der Waals surface area contributed by atoms with Crippen LogP contribution in [0.5, 0.6) is 0 Å². The van der Waals surface area contributed by atoms with Crippen LogP contribution in [0, 0.1) is 0 Å². The first kappa shape index (κ1) is 11.8. The highest BCUT2D eigenvalue weighted by molar-refractivity contribution is 7.12. The van der Waals surface area contributed by atoms with Crippen molar-refractivity contribution in [2.45, 2.75) is 12.8 Å². The number of halogens is 2. The van der Waals surface area contributed by atoms with Crippen molar-refractivity contribution in [3.05, 3.63) is 22.4 Å². The Hall–Kier alpha value is -1.30. The number of rotatable bonds is 4. The molecule has 1 aromatic heterocycles. The predicted octanol–water partition coefficient (Wildman–Crippen LogP) is 2.13. The third-order valence-corrected chi connectivity index (χ3v) is 2.43. The Balaban J connectivity index is 2.86. The Bertz CT molecular complexity index is 359. The third kappa shape index (κ3) is 2.38. The lowest BCUT2D eigenvalue weighted by atomic mass is 10.2. The number of ketones is 1. The van der Waals surface area contributed by atoms with Crippen LogP contribution in [-0.4, -0.2) is 24.3 Å². The minimum absolute atomic E-state index is 0.159. The predicted molar refractivity (Wildman–Crippen MR) is 50.2 cm³/mol. The van der Waals surface area contributed by atoms with Crippen LogP contribution in [-0.2, 0) is 9.53 Å². The molecule has 15 heavy (non-hydrogen) atoms. The van der Waals surface area contributed by atoms with E-state index in [2.05, 4.69) is 4.74 Å². The molecule has 0 amide bonds. The minimum Gasteiger partial charge on any atom is -0.461 e. The molecule has 0 aromatic carbocycles. The van der Waals surface area contributed by atoms with Gasteiger partial charge in [-0.05, 0) is 18.4 Å². The third-order valence-electron chi connectivity index (χ3n) is 1.56. The summed E-state index contributed by atoms with van der Waals surface area (Å²) >= 11 is 0.856. The number of carbonyl (C=O) groups is 2. The van der Waals surface area contributed by atoms with E-state index in [1.807, 2.05) is 0 Å². The quantitative estimate of drug-likeness (QED) is 0.455. The van der Waals surface area contributed by atoms with E-state index in [0.29, 0.717) is 0 Å². The second kappa shape index (κ2) is 4.48. The zero-order chi connectivity index (χ0) is 11.5. The lowest BCUT2D eigenvalue weighted by molar-refractivity contribution is -0.164. The molecule has 0 unspecified atom stereocenters. The number of thiophene rings is 1. The summed E-state index contributed by atoms with van der Waals surface area (Å²) < 4.78 is 30.4. The molecule has 0 spiro atoms. The van der Waals surface area contributed by atoms with Crippen LogP contribution in [0.3, 0.4) is 0 Å². The Morgan fingerprint density at radius 2 is 2.20 bits per heavy atom. The van der Waals surface area contributed by atoms with E-state index in [-0.39, 0.29) is 11.5 Å². The SMILES string of the molecule is CCOC(=O)C(F)(F)C(=O)c1cccs1. The highest BCUT2D eigenvalue weighted by Gasteiger charge is 2.49. The van der Waals surface area contributed by atoms with Crippen molar-refractivity contribution in [3.8, 4) is 0 Å². The average Bonchev–Trinajstić information content (AvgIpc) is 2.69. The number of hydrogen-bond acceptors (Lipinski definition) is 4. The highest BCUT2D eigenvalue weighted by atomic mass is 32.1. The largest absolute Gasteiger partial charge is 0.461 e. The summed E-state index contributed by atoms with van der Waals surface area (Å²) in [6.07, 6.45) is 0. The molecular formula is C9H8F2O3S. The summed E-state index contributed by atoms with van der Waals surface area (Å²) in [5, 5.41) is 1.48. The lowest BCUT2D eigenvalue weighted by Crippen LogP contribution is -2.39. The van der Waals surface area contributed by atoms with Crippen LogP contribution >= 0.6 is 11.3 Å². The second-order valence-electron chi connectivity index (χ2n) is 2.60. The first-order valence-electron chi connectivity index (χ1n) is 4.13. The van der Waals surface area contributed by atoms with Gasteiger partial charge in [-0.15, -0.1) is 11.3 Å². The minimum atomic E-state index is -4.10. The summed E-state index contributed by atoms with van der Waals surface area (Å²) in [6, 6.07) is 2.69. The fourth-order valence-electron chi connectivity index (χ4n) is 0.877. The monoisotopic (exact) mass is 234 g/mol. The van der Waals surface area contributed by atoms with Crippen molar-refractivity contribution < 1.29 is 23.1 Å². The Kier molecular flexibility index (Phi) is 3.52. The summed E-state index contributed by atoms with van der Waals surface area (Å²) in [6.45, 7) is 1.20. The maximum absolute atomic E-state index is 13.1. The highest BCUT2D eigenvalue weighted by Crippen LogP contribution is 2.24. The topological polar surface area (TPSA) is 43.4 Å². The molecule has 0 atom stereocenters. The van der Waals surface area contributed by atoms with Gasteiger partial charge in [0.25, 0.3) is 5.78 Å². The number of ether oxygens (including phenoxy) is 1. The molecule has 0 radical (unpaired) electrons. The van der Waals surface area contributed by atoms with Crippen molar-refractivity contribution in [2.75, 3.05) is 6.61 Å². The number of carbonyl (C=O) groups excluding carboxylic acids is 2. The summed E-state index contributed by atoms with van der Waals surface area (Å²) in [5.41, 5.74) is 0. The molecule has 1 heterocycles. The summed E-state index contributed by atoms with van der Waals surface area (Å²) in [7, 11) is 0. The number of alkyl halides is 2. The molecule has 0 saturated heterocycles. The van der Waals surface area contributed by atoms with E-state index in [9.17, 15) is 18.4 Å². The van der Waals surface area contributed by atoms with Gasteiger partial charge in [-0.25, -0.2) is 4.79 Å². The van der Waals surface area contributed by atoms with Gasteiger partial charge in [-0.1, -0.05) is 6.07 Å². The van der Waals surface area contributed by atoms with E-state index in [4.69, 9.17) is 0 Å². The standard InChI is InChI=1S/C9H8F2O3S/c1-2-14-8(13)9(10,11)7(12)6-4-3-5-15-6/h3-5H,2H2,1H3. The van der Waals surface area contributed by atoms with Crippen LogP contribution in [0.1, 0.15) is 16.6 Å². The lowest BCUT2D eigenvalue weighted by Gasteiger charge is -2.11. The number of esters is 1. The number of Topliss-reactive ketones (excluding diaryl/α,β-unsaturated/α-hetero) is 1. The smallest absolute Gasteiger partial charge is 0.405 e. The second-order valence-corrected chi connectivity index (χ2v) is 3.55. The van der Waals surface area contributed by atoms with E-state index in [1.54, 1.807) is 0 Å². The van der Waals surface area contributed by atoms with Gasteiger partial charge in [0.2, 0.25) is 0 Å². The van der Waals surface area contributed by atoms with E-state index < -0.39 is 17.7 Å². The summed E-state index contributed by atoms with van der Waals surface area (Å²) in [5.74, 6) is -7.42. The molecule has 0 bridgehead atoms. The van der Waals surface area contributed by atoms with Crippen molar-refractivity contribution in [1.82, 2.24) is 0 Å². The van der Waals surface area contributed by atoms with Gasteiger partial charge in [0.05, 0.1) is 11.5 Å². The van der Waals surface area contributed by atoms with Crippen LogP contribution in [0.25, 0.3) is 0 Å². The van der Waals surface area contributed by atoms with Crippen molar-refractivity contribution in [3.63, 3.8) is 0 Å². The van der Waals surface area contributed by atoms with Gasteiger partial charge in [0.1, 0.15) is 0 Å². The Morgan fingerprint density at radius 3 is 2.67 bits per heavy atom.